The summed E-state index contributed by atoms with van der Waals surface area (Å²) in [6.45, 7) is 8.52. The van der Waals surface area contributed by atoms with Gasteiger partial charge in [-0.2, -0.15) is 0 Å². The summed E-state index contributed by atoms with van der Waals surface area (Å²) in [4.78, 5) is 0. The molecule has 0 bridgehead atoms. The van der Waals surface area contributed by atoms with Crippen LogP contribution in [0.1, 0.15) is 33.6 Å². The zero-order valence-electron chi connectivity index (χ0n) is 10.5. The Balaban J connectivity index is 2.60. The van der Waals surface area contributed by atoms with E-state index in [2.05, 4.69) is 26.1 Å². The van der Waals surface area contributed by atoms with Crippen LogP contribution in [-0.4, -0.2) is 37.5 Å². The SMILES string of the molecule is COCCNC1(CO)CC(C)(C)CC1C. The highest BCUT2D eigenvalue weighted by molar-refractivity contribution is 5.03. The Morgan fingerprint density at radius 1 is 1.47 bits per heavy atom. The van der Waals surface area contributed by atoms with E-state index in [0.717, 1.165) is 13.0 Å². The average Bonchev–Trinajstić information content (AvgIpc) is 2.37. The van der Waals surface area contributed by atoms with Crippen molar-refractivity contribution in [2.75, 3.05) is 26.9 Å². The lowest BCUT2D eigenvalue weighted by Gasteiger charge is -2.33. The molecule has 0 radical (unpaired) electrons. The molecule has 1 rings (SSSR count). The van der Waals surface area contributed by atoms with Crippen LogP contribution in [0.4, 0.5) is 0 Å². The molecule has 1 saturated carbocycles. The molecule has 0 amide bonds. The molecule has 0 aromatic carbocycles. The molecule has 90 valence electrons. The van der Waals surface area contributed by atoms with Gasteiger partial charge < -0.3 is 15.2 Å². The minimum atomic E-state index is -0.0952. The molecule has 2 N–H and O–H groups in total. The van der Waals surface area contributed by atoms with Gasteiger partial charge in [-0.25, -0.2) is 0 Å². The van der Waals surface area contributed by atoms with Gasteiger partial charge in [0.25, 0.3) is 0 Å². The lowest BCUT2D eigenvalue weighted by atomic mass is 9.87. The minimum absolute atomic E-state index is 0.0952. The standard InChI is InChI=1S/C12H25NO2/c1-10-7-11(2,3)8-12(10,9-14)13-5-6-15-4/h10,13-14H,5-9H2,1-4H3. The topological polar surface area (TPSA) is 41.5 Å². The summed E-state index contributed by atoms with van der Waals surface area (Å²) >= 11 is 0. The highest BCUT2D eigenvalue weighted by Crippen LogP contribution is 2.47. The first-order valence-corrected chi connectivity index (χ1v) is 5.81. The van der Waals surface area contributed by atoms with Crippen molar-refractivity contribution in [3.63, 3.8) is 0 Å². The van der Waals surface area contributed by atoms with Crippen LogP contribution in [0.15, 0.2) is 0 Å². The van der Waals surface area contributed by atoms with Crippen LogP contribution in [0.2, 0.25) is 0 Å². The van der Waals surface area contributed by atoms with Crippen LogP contribution in [0.5, 0.6) is 0 Å². The van der Waals surface area contributed by atoms with Crippen molar-refractivity contribution >= 4 is 0 Å². The molecular formula is C12H25NO2. The fourth-order valence-corrected chi connectivity index (χ4v) is 3.03. The van der Waals surface area contributed by atoms with E-state index >= 15 is 0 Å². The quantitative estimate of drug-likeness (QED) is 0.681. The number of methoxy groups -OCH3 is 1. The Morgan fingerprint density at radius 3 is 2.53 bits per heavy atom. The maximum atomic E-state index is 9.62. The third-order valence-corrected chi connectivity index (χ3v) is 3.66. The summed E-state index contributed by atoms with van der Waals surface area (Å²) in [6, 6.07) is 0. The van der Waals surface area contributed by atoms with Gasteiger partial charge in [0.1, 0.15) is 0 Å². The molecule has 2 unspecified atom stereocenters. The first-order valence-electron chi connectivity index (χ1n) is 5.81. The molecule has 1 aliphatic carbocycles. The van der Waals surface area contributed by atoms with Crippen LogP contribution in [-0.2, 0) is 4.74 Å². The van der Waals surface area contributed by atoms with Gasteiger partial charge in [0, 0.05) is 19.2 Å². The van der Waals surface area contributed by atoms with Crippen molar-refractivity contribution in [3.05, 3.63) is 0 Å². The summed E-state index contributed by atoms with van der Waals surface area (Å²) in [5.74, 6) is 0.523. The Bertz CT molecular complexity index is 206. The highest BCUT2D eigenvalue weighted by atomic mass is 16.5. The van der Waals surface area contributed by atoms with Gasteiger partial charge >= 0.3 is 0 Å². The van der Waals surface area contributed by atoms with E-state index in [1.54, 1.807) is 7.11 Å². The normalized spacial score (nSPS) is 34.6. The van der Waals surface area contributed by atoms with E-state index in [4.69, 9.17) is 4.74 Å². The monoisotopic (exact) mass is 215 g/mol. The summed E-state index contributed by atoms with van der Waals surface area (Å²) in [5.41, 5.74) is 0.240. The lowest BCUT2D eigenvalue weighted by Crippen LogP contribution is -2.52. The maximum Gasteiger partial charge on any atom is 0.0616 e. The molecule has 0 aromatic rings. The summed E-state index contributed by atoms with van der Waals surface area (Å²) in [7, 11) is 1.70. The molecule has 0 aromatic heterocycles. The van der Waals surface area contributed by atoms with E-state index in [-0.39, 0.29) is 12.1 Å². The molecule has 3 heteroatoms. The number of aliphatic hydroxyl groups is 1. The number of ether oxygens (including phenoxy) is 1. The number of aliphatic hydroxyl groups excluding tert-OH is 1. The van der Waals surface area contributed by atoms with E-state index in [0.29, 0.717) is 17.9 Å². The van der Waals surface area contributed by atoms with Crippen molar-refractivity contribution in [1.29, 1.82) is 0 Å². The van der Waals surface area contributed by atoms with E-state index in [9.17, 15) is 5.11 Å². The van der Waals surface area contributed by atoms with Gasteiger partial charge in [-0.15, -0.1) is 0 Å². The van der Waals surface area contributed by atoms with Gasteiger partial charge in [-0.1, -0.05) is 20.8 Å². The second-order valence-corrected chi connectivity index (χ2v) is 5.68. The molecule has 1 aliphatic rings. The number of hydrogen-bond donors (Lipinski definition) is 2. The maximum absolute atomic E-state index is 9.62. The van der Waals surface area contributed by atoms with Crippen LogP contribution in [0.3, 0.4) is 0 Å². The van der Waals surface area contributed by atoms with Crippen molar-refractivity contribution in [3.8, 4) is 0 Å². The third kappa shape index (κ3) is 2.92. The molecule has 0 aliphatic heterocycles. The number of rotatable bonds is 5. The van der Waals surface area contributed by atoms with Crippen LogP contribution >= 0.6 is 0 Å². The van der Waals surface area contributed by atoms with Gasteiger partial charge in [0.2, 0.25) is 0 Å². The minimum Gasteiger partial charge on any atom is -0.394 e. The summed E-state index contributed by atoms with van der Waals surface area (Å²) in [6.07, 6.45) is 2.22. The van der Waals surface area contributed by atoms with Crippen LogP contribution in [0.25, 0.3) is 0 Å². The van der Waals surface area contributed by atoms with E-state index in [1.165, 1.54) is 6.42 Å². The van der Waals surface area contributed by atoms with Crippen molar-refractivity contribution in [1.82, 2.24) is 5.32 Å². The smallest absolute Gasteiger partial charge is 0.0616 e. The van der Waals surface area contributed by atoms with Gasteiger partial charge in [0.15, 0.2) is 0 Å². The van der Waals surface area contributed by atoms with Crippen molar-refractivity contribution < 1.29 is 9.84 Å². The fraction of sp³-hybridized carbons (Fsp3) is 1.00. The molecule has 0 saturated heterocycles. The largest absolute Gasteiger partial charge is 0.394 e. The molecule has 2 atom stereocenters. The fourth-order valence-electron chi connectivity index (χ4n) is 3.03. The molecule has 15 heavy (non-hydrogen) atoms. The average molecular weight is 215 g/mol. The molecule has 0 spiro atoms. The number of hydrogen-bond acceptors (Lipinski definition) is 3. The van der Waals surface area contributed by atoms with E-state index in [1.807, 2.05) is 0 Å². The second-order valence-electron chi connectivity index (χ2n) is 5.68. The highest BCUT2D eigenvalue weighted by Gasteiger charge is 2.47. The van der Waals surface area contributed by atoms with Gasteiger partial charge in [-0.3, -0.25) is 0 Å². The summed E-state index contributed by atoms with van der Waals surface area (Å²) in [5, 5.41) is 13.1. The first-order chi connectivity index (χ1) is 6.96. The first kappa shape index (κ1) is 12.9. The zero-order valence-corrected chi connectivity index (χ0v) is 10.5. The number of nitrogens with one attached hydrogen (secondary N) is 1. The molecule has 3 nitrogen and oxygen atoms in total. The van der Waals surface area contributed by atoms with Gasteiger partial charge in [0.05, 0.1) is 13.2 Å². The molecule has 0 heterocycles. The molecule has 1 fully saturated rings. The van der Waals surface area contributed by atoms with Crippen molar-refractivity contribution in [2.45, 2.75) is 39.2 Å². The van der Waals surface area contributed by atoms with Crippen LogP contribution < -0.4 is 5.32 Å². The molecular weight excluding hydrogens is 190 g/mol. The van der Waals surface area contributed by atoms with E-state index < -0.39 is 0 Å². The third-order valence-electron chi connectivity index (χ3n) is 3.66. The van der Waals surface area contributed by atoms with Gasteiger partial charge in [-0.05, 0) is 24.2 Å². The Labute approximate surface area is 93.2 Å². The Morgan fingerprint density at radius 2 is 2.13 bits per heavy atom. The second kappa shape index (κ2) is 4.81. The zero-order chi connectivity index (χ0) is 11.5. The predicted octanol–water partition coefficient (Wildman–Crippen LogP) is 1.41. The van der Waals surface area contributed by atoms with Crippen molar-refractivity contribution in [2.24, 2.45) is 11.3 Å². The summed E-state index contributed by atoms with van der Waals surface area (Å²) < 4.78 is 5.03. The lowest BCUT2D eigenvalue weighted by molar-refractivity contribution is 0.110. The Hall–Kier alpha value is -0.120. The Kier molecular flexibility index (Phi) is 4.15. The van der Waals surface area contributed by atoms with Crippen LogP contribution in [0, 0.1) is 11.3 Å². The predicted molar refractivity (Wildman–Crippen MR) is 61.9 cm³/mol.